The number of aromatic nitrogens is 3. The highest BCUT2D eigenvalue weighted by Crippen LogP contribution is 2.14. The summed E-state index contributed by atoms with van der Waals surface area (Å²) < 4.78 is 1.63. The summed E-state index contributed by atoms with van der Waals surface area (Å²) in [6.45, 7) is 0. The Hall–Kier alpha value is -1.59. The maximum atomic E-state index is 11.8. The zero-order chi connectivity index (χ0) is 12.4. The van der Waals surface area contributed by atoms with Crippen molar-refractivity contribution in [1.29, 1.82) is 0 Å². The van der Waals surface area contributed by atoms with E-state index in [1.807, 2.05) is 0 Å². The van der Waals surface area contributed by atoms with Crippen LogP contribution >= 0.6 is 23.2 Å². The van der Waals surface area contributed by atoms with Crippen LogP contribution in [0.5, 0.6) is 0 Å². The molecule has 0 fully saturated rings. The molecule has 2 rings (SSSR count). The van der Waals surface area contributed by atoms with Gasteiger partial charge in [-0.2, -0.15) is 0 Å². The van der Waals surface area contributed by atoms with Crippen molar-refractivity contribution in [3.05, 3.63) is 40.5 Å². The Morgan fingerprint density at radius 2 is 2.12 bits per heavy atom. The van der Waals surface area contributed by atoms with Gasteiger partial charge in [0.15, 0.2) is 5.82 Å². The van der Waals surface area contributed by atoms with Gasteiger partial charge in [0.25, 0.3) is 5.91 Å². The van der Waals surface area contributed by atoms with Gasteiger partial charge < -0.3 is 9.88 Å². The Balaban J connectivity index is 2.17. The van der Waals surface area contributed by atoms with E-state index in [0.29, 0.717) is 16.5 Å². The first-order valence-electron chi connectivity index (χ1n) is 4.67. The van der Waals surface area contributed by atoms with Gasteiger partial charge in [-0.1, -0.05) is 23.2 Å². The standard InChI is InChI=1S/C10H8Cl2N4O/c1-16-5-6(11)2-7(16)10(17)15-9-4-13-8(12)3-14-9/h2-5H,1H3,(H,14,15,17). The summed E-state index contributed by atoms with van der Waals surface area (Å²) in [5.74, 6) is 0.0211. The highest BCUT2D eigenvalue weighted by molar-refractivity contribution is 6.31. The number of anilines is 1. The van der Waals surface area contributed by atoms with Gasteiger partial charge in [0.05, 0.1) is 17.4 Å². The first-order chi connectivity index (χ1) is 8.06. The fraction of sp³-hybridized carbons (Fsp3) is 0.100. The van der Waals surface area contributed by atoms with Crippen molar-refractivity contribution >= 4 is 34.9 Å². The number of hydrogen-bond acceptors (Lipinski definition) is 3. The van der Waals surface area contributed by atoms with Gasteiger partial charge >= 0.3 is 0 Å². The molecule has 0 radical (unpaired) electrons. The van der Waals surface area contributed by atoms with Gasteiger partial charge in [0, 0.05) is 13.2 Å². The van der Waals surface area contributed by atoms with Crippen LogP contribution in [0.2, 0.25) is 10.2 Å². The molecule has 0 aliphatic rings. The molecule has 0 aliphatic carbocycles. The van der Waals surface area contributed by atoms with Crippen LogP contribution in [0.3, 0.4) is 0 Å². The summed E-state index contributed by atoms with van der Waals surface area (Å²) in [7, 11) is 1.73. The molecule has 1 N–H and O–H groups in total. The van der Waals surface area contributed by atoms with Crippen LogP contribution in [0.4, 0.5) is 5.82 Å². The third-order valence-electron chi connectivity index (χ3n) is 2.07. The number of hydrogen-bond donors (Lipinski definition) is 1. The maximum absolute atomic E-state index is 11.8. The molecule has 0 atom stereocenters. The van der Waals surface area contributed by atoms with Gasteiger partial charge in [-0.05, 0) is 6.07 Å². The molecule has 0 bridgehead atoms. The van der Waals surface area contributed by atoms with Crippen LogP contribution in [-0.4, -0.2) is 20.4 Å². The van der Waals surface area contributed by atoms with Crippen molar-refractivity contribution in [2.45, 2.75) is 0 Å². The van der Waals surface area contributed by atoms with Crippen molar-refractivity contribution < 1.29 is 4.79 Å². The minimum Gasteiger partial charge on any atom is -0.345 e. The monoisotopic (exact) mass is 270 g/mol. The third-order valence-corrected chi connectivity index (χ3v) is 2.47. The first-order valence-corrected chi connectivity index (χ1v) is 5.42. The quantitative estimate of drug-likeness (QED) is 0.912. The molecule has 2 aromatic heterocycles. The fourth-order valence-corrected chi connectivity index (χ4v) is 1.65. The predicted molar refractivity (Wildman–Crippen MR) is 65.4 cm³/mol. The second kappa shape index (κ2) is 4.73. The van der Waals surface area contributed by atoms with Crippen molar-refractivity contribution in [3.63, 3.8) is 0 Å². The molecule has 17 heavy (non-hydrogen) atoms. The SMILES string of the molecule is Cn1cc(Cl)cc1C(=O)Nc1cnc(Cl)cn1. The third kappa shape index (κ3) is 2.75. The van der Waals surface area contributed by atoms with Crippen LogP contribution in [0.1, 0.15) is 10.5 Å². The van der Waals surface area contributed by atoms with E-state index in [1.54, 1.807) is 23.9 Å². The van der Waals surface area contributed by atoms with Gasteiger partial charge in [-0.25, -0.2) is 9.97 Å². The minimum atomic E-state index is -0.309. The number of halogens is 2. The van der Waals surface area contributed by atoms with Crippen molar-refractivity contribution in [3.8, 4) is 0 Å². The lowest BCUT2D eigenvalue weighted by atomic mass is 10.4. The molecule has 0 saturated heterocycles. The van der Waals surface area contributed by atoms with Crippen LogP contribution in [0, 0.1) is 0 Å². The average molecular weight is 271 g/mol. The number of amides is 1. The number of rotatable bonds is 2. The lowest BCUT2D eigenvalue weighted by Crippen LogP contribution is -2.16. The molecule has 0 aromatic carbocycles. The number of carbonyl (C=O) groups excluding carboxylic acids is 1. The highest BCUT2D eigenvalue weighted by atomic mass is 35.5. The van der Waals surface area contributed by atoms with Gasteiger partial charge in [0.1, 0.15) is 10.8 Å². The molecule has 0 aliphatic heterocycles. The number of nitrogens with zero attached hydrogens (tertiary/aromatic N) is 3. The molecule has 0 spiro atoms. The molecular formula is C10H8Cl2N4O. The molecular weight excluding hydrogens is 263 g/mol. The molecule has 0 saturated carbocycles. The second-order valence-electron chi connectivity index (χ2n) is 3.33. The zero-order valence-electron chi connectivity index (χ0n) is 8.82. The Morgan fingerprint density at radius 1 is 1.35 bits per heavy atom. The Morgan fingerprint density at radius 3 is 2.65 bits per heavy atom. The van der Waals surface area contributed by atoms with Gasteiger partial charge in [-0.3, -0.25) is 4.79 Å². The van der Waals surface area contributed by atoms with Crippen LogP contribution < -0.4 is 5.32 Å². The minimum absolute atomic E-state index is 0.268. The number of carbonyl (C=O) groups is 1. The van der Waals surface area contributed by atoms with E-state index < -0.39 is 0 Å². The van der Waals surface area contributed by atoms with Crippen LogP contribution in [-0.2, 0) is 7.05 Å². The van der Waals surface area contributed by atoms with E-state index >= 15 is 0 Å². The molecule has 2 aromatic rings. The van der Waals surface area contributed by atoms with Gasteiger partial charge in [0.2, 0.25) is 0 Å². The van der Waals surface area contributed by atoms with E-state index in [4.69, 9.17) is 23.2 Å². The molecule has 88 valence electrons. The average Bonchev–Trinajstić information content (AvgIpc) is 2.61. The van der Waals surface area contributed by atoms with E-state index in [-0.39, 0.29) is 11.1 Å². The smallest absolute Gasteiger partial charge is 0.273 e. The molecule has 2 heterocycles. The van der Waals surface area contributed by atoms with E-state index in [0.717, 1.165) is 0 Å². The maximum Gasteiger partial charge on any atom is 0.273 e. The van der Waals surface area contributed by atoms with Crippen LogP contribution in [0.15, 0.2) is 24.7 Å². The zero-order valence-corrected chi connectivity index (χ0v) is 10.3. The number of aryl methyl sites for hydroxylation is 1. The summed E-state index contributed by atoms with van der Waals surface area (Å²) in [5.41, 5.74) is 0.437. The Kier molecular flexibility index (Phi) is 3.31. The summed E-state index contributed by atoms with van der Waals surface area (Å²) >= 11 is 11.4. The highest BCUT2D eigenvalue weighted by Gasteiger charge is 2.11. The molecule has 5 nitrogen and oxygen atoms in total. The van der Waals surface area contributed by atoms with E-state index in [2.05, 4.69) is 15.3 Å². The largest absolute Gasteiger partial charge is 0.345 e. The van der Waals surface area contributed by atoms with Crippen molar-refractivity contribution in [1.82, 2.24) is 14.5 Å². The number of nitrogens with one attached hydrogen (secondary N) is 1. The molecule has 0 unspecified atom stereocenters. The lowest BCUT2D eigenvalue weighted by Gasteiger charge is -2.04. The Labute approximate surface area is 107 Å². The Bertz CT molecular complexity index is 550. The molecule has 7 heteroatoms. The van der Waals surface area contributed by atoms with Gasteiger partial charge in [-0.15, -0.1) is 0 Å². The summed E-state index contributed by atoms with van der Waals surface area (Å²) in [6, 6.07) is 1.57. The first kappa shape index (κ1) is 11.9. The van der Waals surface area contributed by atoms with Crippen molar-refractivity contribution in [2.75, 3.05) is 5.32 Å². The van der Waals surface area contributed by atoms with Crippen LogP contribution in [0.25, 0.3) is 0 Å². The topological polar surface area (TPSA) is 59.8 Å². The summed E-state index contributed by atoms with van der Waals surface area (Å²) in [5, 5.41) is 3.36. The lowest BCUT2D eigenvalue weighted by molar-refractivity contribution is 0.101. The summed E-state index contributed by atoms with van der Waals surface area (Å²) in [4.78, 5) is 19.6. The summed E-state index contributed by atoms with van der Waals surface area (Å²) in [6.07, 6.45) is 4.38. The van der Waals surface area contributed by atoms with E-state index in [9.17, 15) is 4.79 Å². The van der Waals surface area contributed by atoms with Crippen molar-refractivity contribution in [2.24, 2.45) is 7.05 Å². The normalized spacial score (nSPS) is 10.3. The predicted octanol–water partition coefficient (Wildman–Crippen LogP) is 2.37. The second-order valence-corrected chi connectivity index (χ2v) is 4.16. The molecule has 1 amide bonds. The van der Waals surface area contributed by atoms with E-state index in [1.165, 1.54) is 12.4 Å². The fourth-order valence-electron chi connectivity index (χ4n) is 1.31.